The fraction of sp³-hybridized carbons (Fsp3) is 0.440. The van der Waals surface area contributed by atoms with Gasteiger partial charge in [0.1, 0.15) is 64.5 Å². The van der Waals surface area contributed by atoms with Gasteiger partial charge in [-0.15, -0.1) is 6.58 Å². The minimum absolute atomic E-state index is 0.0368. The van der Waals surface area contributed by atoms with Crippen LogP contribution in [-0.4, -0.2) is 73.0 Å². The van der Waals surface area contributed by atoms with Gasteiger partial charge in [0.15, 0.2) is 0 Å². The number of aromatic nitrogens is 8. The maximum absolute atomic E-state index is 11.1. The second kappa shape index (κ2) is 23.0. The number of allylic oxidation sites excluding steroid dienone is 2. The molecule has 2 saturated carbocycles. The summed E-state index contributed by atoms with van der Waals surface area (Å²) in [5.41, 5.74) is 13.5. The molecule has 0 spiro atoms. The van der Waals surface area contributed by atoms with Crippen molar-refractivity contribution in [1.29, 1.82) is 0 Å². The molecule has 2 aliphatic carbocycles. The van der Waals surface area contributed by atoms with Crippen molar-refractivity contribution >= 4 is 138 Å². The third-order valence-corrected chi connectivity index (χ3v) is 17.2. The summed E-state index contributed by atoms with van der Waals surface area (Å²) in [5.74, 6) is 0. The van der Waals surface area contributed by atoms with Crippen LogP contribution in [0, 0.1) is 58.0 Å². The summed E-state index contributed by atoms with van der Waals surface area (Å²) in [5, 5.41) is 36.2. The summed E-state index contributed by atoms with van der Waals surface area (Å²) in [6.45, 7) is 35.3. The lowest BCUT2D eigenvalue weighted by atomic mass is 9.81. The summed E-state index contributed by atoms with van der Waals surface area (Å²) >= 11 is 9.12. The van der Waals surface area contributed by atoms with E-state index in [2.05, 4.69) is 82.8 Å². The number of hydrogen-bond acceptors (Lipinski definition) is 21. The summed E-state index contributed by atoms with van der Waals surface area (Å²) in [7, 11) is -0.241. The lowest BCUT2D eigenvalue weighted by Gasteiger charge is -2.32. The molecule has 0 amide bonds. The molecule has 0 radical (unpaired) electrons. The Morgan fingerprint density at radius 2 is 0.934 bits per heavy atom. The summed E-state index contributed by atoms with van der Waals surface area (Å²) < 4.78 is 11.8. The number of pyridine rings is 4. The van der Waals surface area contributed by atoms with Crippen LogP contribution in [0.25, 0.3) is 47.0 Å². The molecule has 1 aliphatic heterocycles. The average Bonchev–Trinajstić information content (AvgIpc) is 3.90. The number of halogens is 1. The van der Waals surface area contributed by atoms with Crippen LogP contribution in [0.2, 0.25) is 0 Å². The molecular weight excluding hydrogens is 1120 g/mol. The highest BCUT2D eigenvalue weighted by molar-refractivity contribution is 9.10. The number of hydrogen-bond donors (Lipinski definition) is 1. The molecule has 3 aliphatic rings. The Bertz CT molecular complexity index is 3550. The van der Waals surface area contributed by atoms with Crippen molar-refractivity contribution in [1.82, 2.24) is 39.9 Å². The number of thiazole rings is 4. The Labute approximate surface area is 464 Å². The van der Waals surface area contributed by atoms with Crippen LogP contribution >= 0.6 is 61.3 Å². The van der Waals surface area contributed by atoms with Crippen molar-refractivity contribution in [3.63, 3.8) is 0 Å². The maximum atomic E-state index is 11.1. The third-order valence-electron chi connectivity index (χ3n) is 12.9. The van der Waals surface area contributed by atoms with Crippen molar-refractivity contribution in [2.45, 2.75) is 145 Å². The minimum Gasteiger partial charge on any atom is -0.400 e. The highest BCUT2D eigenvalue weighted by Gasteiger charge is 2.51. The molecule has 402 valence electrons. The van der Waals surface area contributed by atoms with E-state index in [0.717, 1.165) is 70.3 Å². The van der Waals surface area contributed by atoms with Crippen molar-refractivity contribution in [3.05, 3.63) is 115 Å². The molecular formula is C50H60BBrN12O8S4. The van der Waals surface area contributed by atoms with E-state index in [4.69, 9.17) is 15.0 Å². The first-order chi connectivity index (χ1) is 35.5. The van der Waals surface area contributed by atoms with Gasteiger partial charge in [-0.3, -0.25) is 30.3 Å². The number of anilines is 1. The Kier molecular flexibility index (Phi) is 17.9. The van der Waals surface area contributed by atoms with Gasteiger partial charge in [-0.2, -0.15) is 0 Å². The van der Waals surface area contributed by atoms with Gasteiger partial charge in [0.05, 0.1) is 69.0 Å². The zero-order valence-corrected chi connectivity index (χ0v) is 49.8. The Balaban J connectivity index is 0.000000154. The lowest BCUT2D eigenvalue weighted by molar-refractivity contribution is -0.386. The van der Waals surface area contributed by atoms with E-state index < -0.39 is 9.85 Å². The largest absolute Gasteiger partial charge is 0.489 e. The molecule has 8 aromatic rings. The quantitative estimate of drug-likeness (QED) is 0.0882. The second-order valence-electron chi connectivity index (χ2n) is 19.7. The van der Waals surface area contributed by atoms with Gasteiger partial charge in [0.25, 0.3) is 11.4 Å². The maximum Gasteiger partial charge on any atom is 0.489 e. The van der Waals surface area contributed by atoms with Gasteiger partial charge in [-0.1, -0.05) is 85.1 Å². The number of nitrogen functional groups attached to an aromatic ring is 1. The molecule has 1 saturated heterocycles. The fourth-order valence-corrected chi connectivity index (χ4v) is 11.6. The molecule has 0 bridgehead atoms. The summed E-state index contributed by atoms with van der Waals surface area (Å²) in [6.07, 6.45) is 10.1. The van der Waals surface area contributed by atoms with E-state index in [-0.39, 0.29) is 51.1 Å². The number of aryl methyl sites for hydroxylation is 4. The van der Waals surface area contributed by atoms with Crippen LogP contribution in [0.3, 0.4) is 0 Å². The third kappa shape index (κ3) is 12.7. The molecule has 11 rings (SSSR count). The van der Waals surface area contributed by atoms with Crippen LogP contribution in [-0.2, 0) is 20.1 Å². The number of nitro groups is 3. The van der Waals surface area contributed by atoms with E-state index in [1.807, 2.05) is 76.2 Å². The number of nitrogens with zero attached hydrogens (tertiary/aromatic N) is 11. The van der Waals surface area contributed by atoms with E-state index in [9.17, 15) is 30.3 Å². The molecule has 0 atom stereocenters. The SMILES string of the molecule is C=C(C)B1OC(C)(C)C(C)(C)O1.C=C(C)c1c([N+](=O)[O-])cnc2sc(C)nc12.CC.Cc1nc2c(Br)c([N+](=O)[O-])cnc2s1.Cc1nc2c(C3(C)CC3)c(N)cnc2s1.Cc1nc2c(C3(C)CC3)c([N+](=O)[O-])cnc2s1. The first-order valence-corrected chi connectivity index (χ1v) is 28.1. The van der Waals surface area contributed by atoms with Gasteiger partial charge in [0.2, 0.25) is 0 Å². The smallest absolute Gasteiger partial charge is 0.400 e. The Morgan fingerprint density at radius 3 is 1.33 bits per heavy atom. The van der Waals surface area contributed by atoms with Crippen molar-refractivity contribution in [2.75, 3.05) is 5.73 Å². The molecule has 3 fully saturated rings. The topological polar surface area (TPSA) is 277 Å². The van der Waals surface area contributed by atoms with E-state index >= 15 is 0 Å². The molecule has 20 nitrogen and oxygen atoms in total. The minimum atomic E-state index is -0.481. The van der Waals surface area contributed by atoms with Gasteiger partial charge in [-0.25, -0.2) is 39.9 Å². The standard InChI is InChI=1S/C11H11N3O2S.C11H13N3S.C10H9N3O2S.C9H17BO2.C7H4BrN3O2S.C2H6/c1-6-13-9-8(11(2)3-4-11)7(14(15)16)5-12-10(9)17-6;1-6-14-9-8(11(2)3-4-11)7(12)5-13-10(9)15-6;1-5(2)8-7(13(14)15)4-11-10-9(8)12-6(3)16-10;1-7(2)10-11-8(3,4)9(5,6)12-10;1-3-10-6-5(8)4(11(12)13)2-9-7(6)14-3;1-2/h5H,3-4H2,1-2H3;5H,3-4,12H2,1-2H3;4H,1H2,2-3H3;1H2,2-6H3;2H,1H3;1-2H3. The Morgan fingerprint density at radius 1 is 0.592 bits per heavy atom. The molecule has 26 heteroatoms. The van der Waals surface area contributed by atoms with Crippen molar-refractivity contribution in [2.24, 2.45) is 0 Å². The van der Waals surface area contributed by atoms with E-state index in [1.165, 1.54) is 71.0 Å². The molecule has 76 heavy (non-hydrogen) atoms. The van der Waals surface area contributed by atoms with E-state index in [0.29, 0.717) is 36.3 Å². The summed E-state index contributed by atoms with van der Waals surface area (Å²) in [6, 6.07) is 0. The van der Waals surface area contributed by atoms with Crippen LogP contribution in [0.4, 0.5) is 22.7 Å². The average molecular weight is 1180 g/mol. The lowest BCUT2D eigenvalue weighted by Crippen LogP contribution is -2.41. The predicted molar refractivity (Wildman–Crippen MR) is 311 cm³/mol. The van der Waals surface area contributed by atoms with Gasteiger partial charge in [0, 0.05) is 11.0 Å². The number of nitrogens with two attached hydrogens (primary N) is 1. The van der Waals surface area contributed by atoms with Crippen LogP contribution in [0.15, 0.2) is 47.9 Å². The fourth-order valence-electron chi connectivity index (χ4n) is 7.86. The van der Waals surface area contributed by atoms with Crippen molar-refractivity contribution < 1.29 is 24.1 Å². The number of fused-ring (bicyclic) bond motifs is 4. The Hall–Kier alpha value is -5.90. The normalized spacial score (nSPS) is 15.9. The van der Waals surface area contributed by atoms with Gasteiger partial charge >= 0.3 is 12.8 Å². The highest BCUT2D eigenvalue weighted by atomic mass is 79.9. The first-order valence-electron chi connectivity index (χ1n) is 24.0. The zero-order chi connectivity index (χ0) is 56.6. The molecule has 0 unspecified atom stereocenters. The van der Waals surface area contributed by atoms with Crippen molar-refractivity contribution in [3.8, 4) is 0 Å². The zero-order valence-electron chi connectivity index (χ0n) is 44.9. The first kappa shape index (κ1) is 59.4. The van der Waals surface area contributed by atoms with Gasteiger partial charge in [-0.05, 0) is 122 Å². The molecule has 9 heterocycles. The highest BCUT2D eigenvalue weighted by Crippen LogP contribution is 2.53. The van der Waals surface area contributed by atoms with E-state index in [1.54, 1.807) is 24.5 Å². The molecule has 2 N–H and O–H groups in total. The molecule has 8 aromatic heterocycles. The summed E-state index contributed by atoms with van der Waals surface area (Å²) in [4.78, 5) is 68.4. The van der Waals surface area contributed by atoms with Gasteiger partial charge < -0.3 is 15.0 Å². The number of rotatable bonds is 7. The molecule has 0 aromatic carbocycles. The van der Waals surface area contributed by atoms with Crippen LogP contribution in [0.5, 0.6) is 0 Å². The predicted octanol–water partition coefficient (Wildman–Crippen LogP) is 14.4. The van der Waals surface area contributed by atoms with Crippen LogP contribution in [0.1, 0.15) is 132 Å². The monoisotopic (exact) mass is 1170 g/mol. The van der Waals surface area contributed by atoms with Crippen LogP contribution < -0.4 is 5.73 Å². The second-order valence-corrected chi connectivity index (χ2v) is 25.3.